The van der Waals surface area contributed by atoms with E-state index in [0.717, 1.165) is 0 Å². The molecule has 0 amide bonds. The van der Waals surface area contributed by atoms with Crippen molar-refractivity contribution in [3.8, 4) is 0 Å². The zero-order valence-corrected chi connectivity index (χ0v) is 9.47. The van der Waals surface area contributed by atoms with Crippen molar-refractivity contribution in [2.24, 2.45) is 0 Å². The summed E-state index contributed by atoms with van der Waals surface area (Å²) in [6.45, 7) is 0. The van der Waals surface area contributed by atoms with Gasteiger partial charge in [0.05, 0.1) is 15.3 Å². The summed E-state index contributed by atoms with van der Waals surface area (Å²) in [7, 11) is 0. The monoisotopic (exact) mass is 320 g/mol. The van der Waals surface area contributed by atoms with Gasteiger partial charge in [-0.3, -0.25) is 0 Å². The van der Waals surface area contributed by atoms with Gasteiger partial charge in [-0.1, -0.05) is 0 Å². The minimum absolute atomic E-state index is 0.699. The molecule has 0 radical (unpaired) electrons. The minimum atomic E-state index is -5.77. The lowest BCUT2D eigenvalue weighted by Crippen LogP contribution is -2.19. The van der Waals surface area contributed by atoms with Crippen LogP contribution < -0.4 is 0 Å². The third-order valence-electron chi connectivity index (χ3n) is 1.71. The zero-order valence-electron chi connectivity index (χ0n) is 7.76. The fraction of sp³-hybridized carbons (Fsp3) is 0.429. The van der Waals surface area contributed by atoms with E-state index in [-0.39, 0.29) is 0 Å². The largest absolute Gasteiger partial charge is 0.426 e. The molecule has 0 N–H and O–H groups in total. The van der Waals surface area contributed by atoms with Gasteiger partial charge in [-0.05, 0) is 0 Å². The molecule has 0 fully saturated rings. The molecule has 0 saturated heterocycles. The Balaban J connectivity index is 3.70. The van der Waals surface area contributed by atoms with Crippen LogP contribution in [0.3, 0.4) is 0 Å². The Bertz CT molecular complexity index is 447. The maximum Gasteiger partial charge on any atom is 0.426 e. The van der Waals surface area contributed by atoms with Crippen LogP contribution in [0.4, 0.5) is 39.5 Å². The van der Waals surface area contributed by atoms with Crippen LogP contribution in [0.5, 0.6) is 0 Å². The molecule has 1 aromatic rings. The molecule has 11 heteroatoms. The van der Waals surface area contributed by atoms with E-state index >= 15 is 0 Å². The van der Waals surface area contributed by atoms with Gasteiger partial charge < -0.3 is 0 Å². The molecule has 104 valence electrons. The average Bonchev–Trinajstić information content (AvgIpc) is 2.39. The Hall–Kier alpha value is -0.580. The molecule has 0 nitrogen and oxygen atoms in total. The Kier molecular flexibility index (Phi) is 3.63. The van der Waals surface area contributed by atoms with Crippen molar-refractivity contribution in [1.82, 2.24) is 0 Å². The quantitative estimate of drug-likeness (QED) is 0.499. The van der Waals surface area contributed by atoms with Crippen molar-refractivity contribution in [1.29, 1.82) is 0 Å². The molecule has 0 bridgehead atoms. The standard InChI is InChI=1S/C7HF9S2/c8-5(9,10)1-2(6(11,12)13)4(17)18-3(1)7(14,15)16/h17H. The summed E-state index contributed by atoms with van der Waals surface area (Å²) in [4.78, 5) is -2.35. The van der Waals surface area contributed by atoms with Crippen LogP contribution in [0.2, 0.25) is 0 Å². The summed E-state index contributed by atoms with van der Waals surface area (Å²) in [5, 5.41) is 0. The predicted octanol–water partition coefficient (Wildman–Crippen LogP) is 5.09. The fourth-order valence-corrected chi connectivity index (χ4v) is 2.61. The summed E-state index contributed by atoms with van der Waals surface area (Å²) < 4.78 is 109. The Labute approximate surface area is 103 Å². The highest BCUT2D eigenvalue weighted by Gasteiger charge is 2.53. The lowest BCUT2D eigenvalue weighted by molar-refractivity contribution is -0.172. The Morgan fingerprint density at radius 3 is 1.33 bits per heavy atom. The lowest BCUT2D eigenvalue weighted by Gasteiger charge is -2.14. The van der Waals surface area contributed by atoms with Crippen LogP contribution in [0.1, 0.15) is 16.0 Å². The highest BCUT2D eigenvalue weighted by atomic mass is 32.2. The second-order valence-corrected chi connectivity index (χ2v) is 4.75. The van der Waals surface area contributed by atoms with Crippen molar-refractivity contribution in [3.63, 3.8) is 0 Å². The molecule has 0 spiro atoms. The molecule has 1 heterocycles. The SMILES string of the molecule is FC(F)(F)c1sc(S)c(C(F)(F)F)c1C(F)(F)F. The molecule has 0 unspecified atom stereocenters. The smallest absolute Gasteiger partial charge is 0.166 e. The third kappa shape index (κ3) is 2.87. The summed E-state index contributed by atoms with van der Waals surface area (Å²) in [5.74, 6) is 0. The van der Waals surface area contributed by atoms with Crippen LogP contribution in [0.15, 0.2) is 4.21 Å². The van der Waals surface area contributed by atoms with Crippen molar-refractivity contribution in [2.45, 2.75) is 22.7 Å². The molecule has 0 saturated carbocycles. The Morgan fingerprint density at radius 2 is 1.06 bits per heavy atom. The number of alkyl halides is 9. The van der Waals surface area contributed by atoms with Gasteiger partial charge >= 0.3 is 18.5 Å². The van der Waals surface area contributed by atoms with Gasteiger partial charge in [0.15, 0.2) is 0 Å². The first-order valence-electron chi connectivity index (χ1n) is 3.83. The third-order valence-corrected chi connectivity index (χ3v) is 3.25. The highest BCUT2D eigenvalue weighted by molar-refractivity contribution is 7.83. The van der Waals surface area contributed by atoms with Crippen molar-refractivity contribution in [2.75, 3.05) is 0 Å². The molecule has 18 heavy (non-hydrogen) atoms. The van der Waals surface area contributed by atoms with Crippen molar-refractivity contribution >= 4 is 24.0 Å². The summed E-state index contributed by atoms with van der Waals surface area (Å²) >= 11 is 2.34. The summed E-state index contributed by atoms with van der Waals surface area (Å²) in [5.41, 5.74) is -5.15. The first-order chi connectivity index (χ1) is 7.76. The van der Waals surface area contributed by atoms with E-state index in [4.69, 9.17) is 0 Å². The number of thiophene rings is 1. The van der Waals surface area contributed by atoms with Gasteiger partial charge in [-0.15, -0.1) is 24.0 Å². The molecule has 0 aromatic carbocycles. The van der Waals surface area contributed by atoms with Crippen molar-refractivity contribution in [3.05, 3.63) is 16.0 Å². The topological polar surface area (TPSA) is 0 Å². The first-order valence-corrected chi connectivity index (χ1v) is 5.10. The Morgan fingerprint density at radius 1 is 0.667 bits per heavy atom. The normalized spacial score (nSPS) is 14.1. The van der Waals surface area contributed by atoms with Crippen LogP contribution in [0.25, 0.3) is 0 Å². The highest BCUT2D eigenvalue weighted by Crippen LogP contribution is 2.52. The van der Waals surface area contributed by atoms with E-state index in [1.54, 1.807) is 0 Å². The molecule has 0 aliphatic carbocycles. The van der Waals surface area contributed by atoms with Gasteiger partial charge in [0.1, 0.15) is 4.88 Å². The summed E-state index contributed by atoms with van der Waals surface area (Å²) in [6.07, 6.45) is -16.9. The molecule has 1 aromatic heterocycles. The van der Waals surface area contributed by atoms with Gasteiger partial charge in [-0.2, -0.15) is 39.5 Å². The molecule has 0 aliphatic heterocycles. The lowest BCUT2D eigenvalue weighted by atomic mass is 10.1. The molecular formula is C7HF9S2. The van der Waals surface area contributed by atoms with E-state index in [9.17, 15) is 39.5 Å². The number of hydrogen-bond acceptors (Lipinski definition) is 2. The number of halogens is 9. The first kappa shape index (κ1) is 15.5. The second kappa shape index (κ2) is 4.22. The molecule has 0 aliphatic rings. The van der Waals surface area contributed by atoms with Crippen molar-refractivity contribution < 1.29 is 39.5 Å². The van der Waals surface area contributed by atoms with E-state index in [1.807, 2.05) is 0 Å². The number of thiol groups is 1. The molecule has 0 atom stereocenters. The molecule has 1 rings (SSSR count). The van der Waals surface area contributed by atoms with E-state index < -0.39 is 50.1 Å². The average molecular weight is 320 g/mol. The van der Waals surface area contributed by atoms with Gasteiger partial charge in [0.2, 0.25) is 0 Å². The van der Waals surface area contributed by atoms with E-state index in [2.05, 4.69) is 12.6 Å². The number of rotatable bonds is 0. The maximum atomic E-state index is 12.4. The van der Waals surface area contributed by atoms with Crippen LogP contribution in [0, 0.1) is 0 Å². The fourth-order valence-electron chi connectivity index (χ4n) is 1.15. The van der Waals surface area contributed by atoms with E-state index in [0.29, 0.717) is 0 Å². The van der Waals surface area contributed by atoms with Gasteiger partial charge in [0, 0.05) is 0 Å². The van der Waals surface area contributed by atoms with Gasteiger partial charge in [-0.25, -0.2) is 0 Å². The summed E-state index contributed by atoms with van der Waals surface area (Å²) in [6, 6.07) is 0. The minimum Gasteiger partial charge on any atom is -0.166 e. The number of hydrogen-bond donors (Lipinski definition) is 1. The van der Waals surface area contributed by atoms with Crippen LogP contribution >= 0.6 is 24.0 Å². The van der Waals surface area contributed by atoms with E-state index in [1.165, 1.54) is 0 Å². The maximum absolute atomic E-state index is 12.4. The van der Waals surface area contributed by atoms with Crippen LogP contribution in [-0.4, -0.2) is 0 Å². The zero-order chi connectivity index (χ0) is 14.5. The second-order valence-electron chi connectivity index (χ2n) is 2.98. The molecular weight excluding hydrogens is 319 g/mol. The van der Waals surface area contributed by atoms with Crippen LogP contribution in [-0.2, 0) is 18.5 Å². The predicted molar refractivity (Wildman–Crippen MR) is 46.6 cm³/mol. The van der Waals surface area contributed by atoms with Gasteiger partial charge in [0.25, 0.3) is 0 Å².